The minimum absolute atomic E-state index is 0.529. The van der Waals surface area contributed by atoms with Crippen LogP contribution in [-0.4, -0.2) is 0 Å². The fourth-order valence-electron chi connectivity index (χ4n) is 1.24. The van der Waals surface area contributed by atoms with Gasteiger partial charge in [0.1, 0.15) is 6.61 Å². The standard InChI is InChI=1S/C12H12N2O/c13-14-8-4-7-12(9-14)15-10-11-5-2-1-3-6-11/h1-8H,10,13H2/q+1. The van der Waals surface area contributed by atoms with E-state index in [4.69, 9.17) is 10.6 Å². The SMILES string of the molecule is N[n+]1[c]c(OCc2ccccc2)ccc1. The van der Waals surface area contributed by atoms with Gasteiger partial charge in [-0.2, -0.15) is 0 Å². The number of benzene rings is 1. The van der Waals surface area contributed by atoms with Gasteiger partial charge in [-0.25, -0.2) is 5.84 Å². The van der Waals surface area contributed by atoms with Crippen LogP contribution in [0.25, 0.3) is 0 Å². The van der Waals surface area contributed by atoms with E-state index in [1.54, 1.807) is 6.20 Å². The molecule has 3 heteroatoms. The second-order valence-corrected chi connectivity index (χ2v) is 3.17. The number of aromatic nitrogens is 1. The summed E-state index contributed by atoms with van der Waals surface area (Å²) >= 11 is 0. The highest BCUT2D eigenvalue weighted by Crippen LogP contribution is 2.08. The first kappa shape index (κ1) is 9.52. The zero-order valence-corrected chi connectivity index (χ0v) is 8.26. The van der Waals surface area contributed by atoms with E-state index < -0.39 is 0 Å². The molecule has 2 rings (SSSR count). The number of nitrogens with two attached hydrogens (primary N) is 1. The van der Waals surface area contributed by atoms with Crippen LogP contribution < -0.4 is 15.3 Å². The van der Waals surface area contributed by atoms with E-state index in [2.05, 4.69) is 6.20 Å². The minimum atomic E-state index is 0.529. The summed E-state index contributed by atoms with van der Waals surface area (Å²) in [5.74, 6) is 6.15. The van der Waals surface area contributed by atoms with E-state index in [0.29, 0.717) is 12.4 Å². The molecule has 75 valence electrons. The second kappa shape index (κ2) is 4.46. The van der Waals surface area contributed by atoms with Crippen molar-refractivity contribution < 1.29 is 9.41 Å². The summed E-state index contributed by atoms with van der Waals surface area (Å²) < 4.78 is 6.86. The Morgan fingerprint density at radius 1 is 1.13 bits per heavy atom. The molecule has 0 bridgehead atoms. The van der Waals surface area contributed by atoms with E-state index in [9.17, 15) is 0 Å². The molecule has 0 aliphatic rings. The summed E-state index contributed by atoms with van der Waals surface area (Å²) in [5, 5.41) is 0. The minimum Gasteiger partial charge on any atom is -0.482 e. The molecule has 0 aliphatic carbocycles. The number of ether oxygens (including phenoxy) is 1. The fourth-order valence-corrected chi connectivity index (χ4v) is 1.24. The quantitative estimate of drug-likeness (QED) is 0.594. The molecule has 0 aliphatic heterocycles. The topological polar surface area (TPSA) is 39.1 Å². The van der Waals surface area contributed by atoms with Crippen LogP contribution in [0.5, 0.6) is 5.75 Å². The maximum atomic E-state index is 5.52. The van der Waals surface area contributed by atoms with Gasteiger partial charge in [-0.1, -0.05) is 35.0 Å². The Hall–Kier alpha value is -2.03. The van der Waals surface area contributed by atoms with Gasteiger partial charge in [0.25, 0.3) is 0 Å². The van der Waals surface area contributed by atoms with Crippen LogP contribution in [0.1, 0.15) is 5.56 Å². The average Bonchev–Trinajstić information content (AvgIpc) is 2.28. The summed E-state index contributed by atoms with van der Waals surface area (Å²) in [6, 6.07) is 13.6. The van der Waals surface area contributed by atoms with Crippen LogP contribution in [0.15, 0.2) is 48.7 Å². The number of nitrogen functional groups attached to an aromatic ring is 1. The zero-order chi connectivity index (χ0) is 10.5. The van der Waals surface area contributed by atoms with Crippen molar-refractivity contribution in [3.63, 3.8) is 0 Å². The van der Waals surface area contributed by atoms with Crippen LogP contribution in [-0.2, 0) is 6.61 Å². The van der Waals surface area contributed by atoms with Crippen molar-refractivity contribution in [3.05, 3.63) is 60.4 Å². The highest BCUT2D eigenvalue weighted by Gasteiger charge is 2.01. The molecule has 1 aromatic carbocycles. The molecule has 0 unspecified atom stereocenters. The lowest BCUT2D eigenvalue weighted by atomic mass is 10.2. The van der Waals surface area contributed by atoms with Crippen molar-refractivity contribution in [2.24, 2.45) is 0 Å². The Kier molecular flexibility index (Phi) is 2.83. The van der Waals surface area contributed by atoms with Gasteiger partial charge < -0.3 is 4.74 Å². The number of rotatable bonds is 3. The first-order valence-electron chi connectivity index (χ1n) is 4.70. The molecule has 15 heavy (non-hydrogen) atoms. The van der Waals surface area contributed by atoms with E-state index >= 15 is 0 Å². The van der Waals surface area contributed by atoms with Gasteiger partial charge >= 0.3 is 6.20 Å². The normalized spacial score (nSPS) is 9.87. The Morgan fingerprint density at radius 2 is 1.93 bits per heavy atom. The smallest absolute Gasteiger partial charge is 0.354 e. The van der Waals surface area contributed by atoms with Crippen LogP contribution in [0.2, 0.25) is 0 Å². The van der Waals surface area contributed by atoms with Gasteiger partial charge in [-0.15, -0.1) is 0 Å². The van der Waals surface area contributed by atoms with Gasteiger partial charge in [0.05, 0.1) is 0 Å². The number of pyridine rings is 1. The molecular formula is C12H12N2O+. The molecule has 0 spiro atoms. The summed E-state index contributed by atoms with van der Waals surface area (Å²) in [5.41, 5.74) is 1.12. The van der Waals surface area contributed by atoms with E-state index in [0.717, 1.165) is 5.56 Å². The molecule has 0 atom stereocenters. The van der Waals surface area contributed by atoms with E-state index in [1.807, 2.05) is 42.5 Å². The van der Waals surface area contributed by atoms with Crippen LogP contribution in [0, 0.1) is 6.20 Å². The van der Waals surface area contributed by atoms with Crippen molar-refractivity contribution in [2.45, 2.75) is 6.61 Å². The van der Waals surface area contributed by atoms with Crippen molar-refractivity contribution >= 4 is 0 Å². The highest BCUT2D eigenvalue weighted by atomic mass is 16.5. The van der Waals surface area contributed by atoms with Gasteiger partial charge in [-0.05, 0) is 11.6 Å². The third-order valence-electron chi connectivity index (χ3n) is 1.97. The molecule has 0 amide bonds. The van der Waals surface area contributed by atoms with Crippen LogP contribution in [0.4, 0.5) is 0 Å². The highest BCUT2D eigenvalue weighted by molar-refractivity contribution is 5.16. The molecular weight excluding hydrogens is 188 g/mol. The first-order valence-corrected chi connectivity index (χ1v) is 4.70. The number of hydrogen-bond donors (Lipinski definition) is 1. The third kappa shape index (κ3) is 2.71. The molecule has 3 nitrogen and oxygen atoms in total. The maximum absolute atomic E-state index is 5.52. The predicted molar refractivity (Wildman–Crippen MR) is 56.4 cm³/mol. The monoisotopic (exact) mass is 200 g/mol. The Bertz CT molecular complexity index is 429. The summed E-state index contributed by atoms with van der Waals surface area (Å²) in [7, 11) is 0. The van der Waals surface area contributed by atoms with Crippen molar-refractivity contribution in [1.29, 1.82) is 0 Å². The molecule has 0 saturated heterocycles. The summed E-state index contributed by atoms with van der Waals surface area (Å²) in [4.78, 5) is 0. The predicted octanol–water partition coefficient (Wildman–Crippen LogP) is 1.07. The molecule has 1 heterocycles. The fraction of sp³-hybridized carbons (Fsp3) is 0.0833. The van der Waals surface area contributed by atoms with Crippen molar-refractivity contribution in [2.75, 3.05) is 5.84 Å². The van der Waals surface area contributed by atoms with Gasteiger partial charge in [0, 0.05) is 6.07 Å². The lowest BCUT2D eigenvalue weighted by Gasteiger charge is -2.02. The average molecular weight is 200 g/mol. The number of nitrogens with zero attached hydrogens (tertiary/aromatic N) is 1. The molecule has 0 fully saturated rings. The van der Waals surface area contributed by atoms with Gasteiger partial charge in [-0.3, -0.25) is 0 Å². The maximum Gasteiger partial charge on any atom is 0.354 e. The van der Waals surface area contributed by atoms with Crippen molar-refractivity contribution in [3.8, 4) is 5.75 Å². The Morgan fingerprint density at radius 3 is 2.67 bits per heavy atom. The molecule has 2 aromatic rings. The van der Waals surface area contributed by atoms with E-state index in [-0.39, 0.29) is 0 Å². The number of hydrogen-bond acceptors (Lipinski definition) is 2. The van der Waals surface area contributed by atoms with Gasteiger partial charge in [0.2, 0.25) is 5.75 Å². The molecule has 1 radical (unpaired) electrons. The summed E-state index contributed by atoms with van der Waals surface area (Å²) in [6.07, 6.45) is 4.55. The van der Waals surface area contributed by atoms with Crippen LogP contribution in [0.3, 0.4) is 0 Å². The first-order chi connectivity index (χ1) is 7.34. The molecule has 1 aromatic heterocycles. The Labute approximate surface area is 88.7 Å². The van der Waals surface area contributed by atoms with Crippen LogP contribution >= 0.6 is 0 Å². The van der Waals surface area contributed by atoms with E-state index in [1.165, 1.54) is 4.68 Å². The molecule has 0 saturated carbocycles. The zero-order valence-electron chi connectivity index (χ0n) is 8.26. The third-order valence-corrected chi connectivity index (χ3v) is 1.97. The second-order valence-electron chi connectivity index (χ2n) is 3.17. The van der Waals surface area contributed by atoms with Gasteiger partial charge in [0.15, 0.2) is 6.20 Å². The molecule has 2 N–H and O–H groups in total. The summed E-state index contributed by atoms with van der Waals surface area (Å²) in [6.45, 7) is 0.529. The van der Waals surface area contributed by atoms with Crippen molar-refractivity contribution in [1.82, 2.24) is 0 Å². The lowest BCUT2D eigenvalue weighted by molar-refractivity contribution is -0.643. The largest absolute Gasteiger partial charge is 0.482 e. The lowest BCUT2D eigenvalue weighted by Crippen LogP contribution is -2.43. The Balaban J connectivity index is 1.99.